The Morgan fingerprint density at radius 3 is 2.68 bits per heavy atom. The van der Waals surface area contributed by atoms with E-state index in [-0.39, 0.29) is 11.4 Å². The molecule has 1 aromatic heterocycles. The molecule has 3 N–H and O–H groups in total. The normalized spacial score (nSPS) is 11.2. The second-order valence-electron chi connectivity index (χ2n) is 5.02. The van der Waals surface area contributed by atoms with Gasteiger partial charge in [-0.05, 0) is 30.9 Å². The predicted octanol–water partition coefficient (Wildman–Crippen LogP) is 3.53. The summed E-state index contributed by atoms with van der Waals surface area (Å²) in [5.74, 6) is -0.467. The Kier molecular flexibility index (Phi) is 3.83. The molecule has 5 heteroatoms. The van der Waals surface area contributed by atoms with Gasteiger partial charge in [-0.1, -0.05) is 13.8 Å². The summed E-state index contributed by atoms with van der Waals surface area (Å²) in [7, 11) is 0. The molecule has 0 saturated heterocycles. The quantitative estimate of drug-likeness (QED) is 0.888. The highest BCUT2D eigenvalue weighted by molar-refractivity contribution is 5.76. The Morgan fingerprint density at radius 1 is 1.32 bits per heavy atom. The summed E-state index contributed by atoms with van der Waals surface area (Å²) in [4.78, 5) is 0. The summed E-state index contributed by atoms with van der Waals surface area (Å²) in [5, 5.41) is 6.76. The molecule has 0 aliphatic heterocycles. The third-order valence-electron chi connectivity index (χ3n) is 3.04. The van der Waals surface area contributed by atoms with Crippen molar-refractivity contribution in [2.24, 2.45) is 5.92 Å². The van der Waals surface area contributed by atoms with Crippen LogP contribution in [-0.4, -0.2) is 10.2 Å². The van der Waals surface area contributed by atoms with E-state index in [2.05, 4.69) is 24.0 Å². The second kappa shape index (κ2) is 5.38. The largest absolute Gasteiger partial charge is 0.382 e. The van der Waals surface area contributed by atoms with Gasteiger partial charge in [0.1, 0.15) is 11.6 Å². The zero-order valence-electron chi connectivity index (χ0n) is 11.0. The van der Waals surface area contributed by atoms with Crippen molar-refractivity contribution < 1.29 is 8.78 Å². The zero-order chi connectivity index (χ0) is 14.0. The van der Waals surface area contributed by atoms with E-state index in [4.69, 9.17) is 5.73 Å². The standard InChI is InChI=1S/C14H17F2N3/c1-8(2)3-6-12-13(14(17)19-18-12)10-5-4-9(15)7-11(10)16/h4-5,7-8H,3,6H2,1-2H3,(H3,17,18,19). The summed E-state index contributed by atoms with van der Waals surface area (Å²) in [5.41, 5.74) is 7.40. The molecule has 0 unspecified atom stereocenters. The molecule has 0 atom stereocenters. The van der Waals surface area contributed by atoms with Crippen LogP contribution < -0.4 is 5.73 Å². The van der Waals surface area contributed by atoms with Crippen LogP contribution in [0, 0.1) is 17.6 Å². The summed E-state index contributed by atoms with van der Waals surface area (Å²) in [6.45, 7) is 4.22. The molecule has 0 fully saturated rings. The highest BCUT2D eigenvalue weighted by Crippen LogP contribution is 2.31. The Labute approximate surface area is 110 Å². The SMILES string of the molecule is CC(C)CCc1[nH]nc(N)c1-c1ccc(F)cc1F. The van der Waals surface area contributed by atoms with E-state index in [1.807, 2.05) is 0 Å². The first-order valence-electron chi connectivity index (χ1n) is 6.27. The average Bonchev–Trinajstić information content (AvgIpc) is 2.68. The number of halogens is 2. The fourth-order valence-corrected chi connectivity index (χ4v) is 2.00. The van der Waals surface area contributed by atoms with Crippen molar-refractivity contribution in [3.05, 3.63) is 35.5 Å². The first-order valence-corrected chi connectivity index (χ1v) is 6.27. The molecule has 0 aliphatic rings. The minimum Gasteiger partial charge on any atom is -0.382 e. The number of hydrogen-bond donors (Lipinski definition) is 2. The number of aromatic amines is 1. The third kappa shape index (κ3) is 2.92. The summed E-state index contributed by atoms with van der Waals surface area (Å²) < 4.78 is 26.8. The van der Waals surface area contributed by atoms with Crippen LogP contribution in [0.1, 0.15) is 26.0 Å². The number of nitrogens with two attached hydrogens (primary N) is 1. The molecule has 0 spiro atoms. The maximum Gasteiger partial charge on any atom is 0.153 e. The van der Waals surface area contributed by atoms with E-state index >= 15 is 0 Å². The van der Waals surface area contributed by atoms with E-state index in [0.29, 0.717) is 11.5 Å². The molecule has 3 nitrogen and oxygen atoms in total. The van der Waals surface area contributed by atoms with Crippen LogP contribution in [0.4, 0.5) is 14.6 Å². The summed E-state index contributed by atoms with van der Waals surface area (Å²) in [6, 6.07) is 3.47. The average molecular weight is 265 g/mol. The van der Waals surface area contributed by atoms with Crippen LogP contribution in [0.3, 0.4) is 0 Å². The number of benzene rings is 1. The van der Waals surface area contributed by atoms with E-state index in [9.17, 15) is 8.78 Å². The van der Waals surface area contributed by atoms with Crippen LogP contribution in [0.15, 0.2) is 18.2 Å². The van der Waals surface area contributed by atoms with Crippen molar-refractivity contribution in [1.82, 2.24) is 10.2 Å². The summed E-state index contributed by atoms with van der Waals surface area (Å²) >= 11 is 0. The lowest BCUT2D eigenvalue weighted by atomic mass is 9.99. The molecular formula is C14H17F2N3. The molecule has 2 rings (SSSR count). The fourth-order valence-electron chi connectivity index (χ4n) is 2.00. The number of nitrogens with zero attached hydrogens (tertiary/aromatic N) is 1. The Bertz CT molecular complexity index is 576. The van der Waals surface area contributed by atoms with Gasteiger partial charge in [0.25, 0.3) is 0 Å². The Hall–Kier alpha value is -1.91. The molecule has 0 aliphatic carbocycles. The van der Waals surface area contributed by atoms with Gasteiger partial charge in [-0.3, -0.25) is 5.10 Å². The van der Waals surface area contributed by atoms with Crippen molar-refractivity contribution >= 4 is 5.82 Å². The van der Waals surface area contributed by atoms with Crippen molar-refractivity contribution in [2.75, 3.05) is 5.73 Å². The number of aromatic nitrogens is 2. The number of aryl methyl sites for hydroxylation is 1. The first-order chi connectivity index (χ1) is 8.99. The molecule has 0 bridgehead atoms. The molecule has 1 aromatic carbocycles. The number of hydrogen-bond acceptors (Lipinski definition) is 2. The Balaban J connectivity index is 2.40. The van der Waals surface area contributed by atoms with E-state index in [1.165, 1.54) is 12.1 Å². The first kappa shape index (κ1) is 13.5. The van der Waals surface area contributed by atoms with Gasteiger partial charge in [0, 0.05) is 22.9 Å². The zero-order valence-corrected chi connectivity index (χ0v) is 11.0. The smallest absolute Gasteiger partial charge is 0.153 e. The molecule has 0 saturated carbocycles. The lowest BCUT2D eigenvalue weighted by Gasteiger charge is -2.07. The Morgan fingerprint density at radius 2 is 2.05 bits per heavy atom. The maximum atomic E-state index is 13.8. The predicted molar refractivity (Wildman–Crippen MR) is 71.5 cm³/mol. The van der Waals surface area contributed by atoms with Crippen LogP contribution in [0.25, 0.3) is 11.1 Å². The van der Waals surface area contributed by atoms with Crippen molar-refractivity contribution in [1.29, 1.82) is 0 Å². The van der Waals surface area contributed by atoms with Crippen LogP contribution in [-0.2, 0) is 6.42 Å². The van der Waals surface area contributed by atoms with Crippen molar-refractivity contribution in [2.45, 2.75) is 26.7 Å². The van der Waals surface area contributed by atoms with Crippen molar-refractivity contribution in [3.63, 3.8) is 0 Å². The van der Waals surface area contributed by atoms with Gasteiger partial charge in [-0.15, -0.1) is 0 Å². The number of nitrogen functional groups attached to an aromatic ring is 1. The minimum absolute atomic E-state index is 0.240. The van der Waals surface area contributed by atoms with Gasteiger partial charge < -0.3 is 5.73 Å². The van der Waals surface area contributed by atoms with Gasteiger partial charge in [0.05, 0.1) is 0 Å². The van der Waals surface area contributed by atoms with Gasteiger partial charge in [0.15, 0.2) is 5.82 Å². The molecular weight excluding hydrogens is 248 g/mol. The van der Waals surface area contributed by atoms with Crippen LogP contribution in [0.2, 0.25) is 0 Å². The molecule has 0 amide bonds. The number of rotatable bonds is 4. The molecule has 2 aromatic rings. The fraction of sp³-hybridized carbons (Fsp3) is 0.357. The number of H-pyrrole nitrogens is 1. The van der Waals surface area contributed by atoms with Gasteiger partial charge in [-0.2, -0.15) is 5.10 Å². The number of nitrogens with one attached hydrogen (secondary N) is 1. The highest BCUT2D eigenvalue weighted by atomic mass is 19.1. The van der Waals surface area contributed by atoms with E-state index < -0.39 is 11.6 Å². The van der Waals surface area contributed by atoms with E-state index in [0.717, 1.165) is 24.6 Å². The van der Waals surface area contributed by atoms with Crippen LogP contribution in [0.5, 0.6) is 0 Å². The van der Waals surface area contributed by atoms with Crippen LogP contribution >= 0.6 is 0 Å². The van der Waals surface area contributed by atoms with Crippen molar-refractivity contribution in [3.8, 4) is 11.1 Å². The van der Waals surface area contributed by atoms with E-state index in [1.54, 1.807) is 0 Å². The lowest BCUT2D eigenvalue weighted by Crippen LogP contribution is -1.97. The second-order valence-corrected chi connectivity index (χ2v) is 5.02. The van der Waals surface area contributed by atoms with Gasteiger partial charge in [0.2, 0.25) is 0 Å². The highest BCUT2D eigenvalue weighted by Gasteiger charge is 2.17. The molecule has 1 heterocycles. The molecule has 19 heavy (non-hydrogen) atoms. The molecule has 102 valence electrons. The monoisotopic (exact) mass is 265 g/mol. The number of anilines is 1. The minimum atomic E-state index is -0.626. The topological polar surface area (TPSA) is 54.7 Å². The van der Waals surface area contributed by atoms with Gasteiger partial charge >= 0.3 is 0 Å². The maximum absolute atomic E-state index is 13.8. The van der Waals surface area contributed by atoms with Gasteiger partial charge in [-0.25, -0.2) is 8.78 Å². The molecule has 0 radical (unpaired) electrons. The third-order valence-corrected chi connectivity index (χ3v) is 3.04. The summed E-state index contributed by atoms with van der Waals surface area (Å²) in [6.07, 6.45) is 1.67. The lowest BCUT2D eigenvalue weighted by molar-refractivity contribution is 0.579.